The van der Waals surface area contributed by atoms with E-state index in [0.29, 0.717) is 5.92 Å². The summed E-state index contributed by atoms with van der Waals surface area (Å²) in [4.78, 5) is 36.5. The fraction of sp³-hybridized carbons (Fsp3) is 0.250. The van der Waals surface area contributed by atoms with Gasteiger partial charge in [0.25, 0.3) is 17.0 Å². The summed E-state index contributed by atoms with van der Waals surface area (Å²) in [5.41, 5.74) is -0.233. The molecule has 1 aromatic carbocycles. The van der Waals surface area contributed by atoms with Crippen LogP contribution in [-0.2, 0) is 6.54 Å². The number of carbonyl (C=O) groups excluding carboxylic acids is 1. The van der Waals surface area contributed by atoms with Gasteiger partial charge in [0.15, 0.2) is 11.4 Å². The normalized spacial score (nSPS) is 13.2. The Hall–Kier alpha value is -3.82. The van der Waals surface area contributed by atoms with E-state index in [1.54, 1.807) is 6.07 Å². The lowest BCUT2D eigenvalue weighted by atomic mass is 10.3. The van der Waals surface area contributed by atoms with E-state index < -0.39 is 23.0 Å². The molecule has 30 heavy (non-hydrogen) atoms. The Balaban J connectivity index is 1.49. The molecule has 1 saturated carbocycles. The minimum atomic E-state index is -0.727. The van der Waals surface area contributed by atoms with Crippen LogP contribution in [0.15, 0.2) is 52.1 Å². The molecule has 0 unspecified atom stereocenters. The molecule has 2 aromatic heterocycles. The van der Waals surface area contributed by atoms with Crippen molar-refractivity contribution in [3.63, 3.8) is 0 Å². The van der Waals surface area contributed by atoms with E-state index in [1.165, 1.54) is 22.9 Å². The van der Waals surface area contributed by atoms with Crippen LogP contribution >= 0.6 is 0 Å². The molecule has 1 fully saturated rings. The van der Waals surface area contributed by atoms with Gasteiger partial charge in [-0.1, -0.05) is 0 Å². The number of nitrogens with one attached hydrogen (secondary N) is 1. The lowest BCUT2D eigenvalue weighted by Gasteiger charge is -2.10. The molecule has 0 radical (unpaired) electrons. The van der Waals surface area contributed by atoms with Gasteiger partial charge in [0.2, 0.25) is 0 Å². The summed E-state index contributed by atoms with van der Waals surface area (Å²) in [6.45, 7) is 0.208. The highest BCUT2D eigenvalue weighted by Crippen LogP contribution is 2.38. The average Bonchev–Trinajstić information content (AvgIpc) is 3.55. The molecule has 3 aromatic rings. The van der Waals surface area contributed by atoms with Crippen molar-refractivity contribution >= 4 is 5.91 Å². The van der Waals surface area contributed by atoms with Crippen LogP contribution in [0.2, 0.25) is 0 Å². The van der Waals surface area contributed by atoms with Gasteiger partial charge >= 0.3 is 0 Å². The van der Waals surface area contributed by atoms with Crippen molar-refractivity contribution < 1.29 is 14.3 Å². The number of aromatic nitrogens is 4. The summed E-state index contributed by atoms with van der Waals surface area (Å²) in [5, 5.41) is 20.7. The van der Waals surface area contributed by atoms with Crippen molar-refractivity contribution in [1.82, 2.24) is 24.9 Å². The molecule has 2 heterocycles. The van der Waals surface area contributed by atoms with Crippen molar-refractivity contribution in [2.75, 3.05) is 6.54 Å². The molecule has 0 atom stereocenters. The summed E-state index contributed by atoms with van der Waals surface area (Å²) < 4.78 is 15.3. The smallest absolute Gasteiger partial charge is 0.275 e. The monoisotopic (exact) mass is 411 g/mol. The average molecular weight is 411 g/mol. The first-order valence-corrected chi connectivity index (χ1v) is 9.38. The summed E-state index contributed by atoms with van der Waals surface area (Å²) in [7, 11) is 0. The third kappa shape index (κ3) is 4.12. The second-order valence-electron chi connectivity index (χ2n) is 6.95. The Morgan fingerprint density at radius 1 is 1.10 bits per heavy atom. The van der Waals surface area contributed by atoms with Gasteiger partial charge in [-0.2, -0.15) is 14.9 Å². The van der Waals surface area contributed by atoms with Crippen molar-refractivity contribution in [1.29, 1.82) is 0 Å². The van der Waals surface area contributed by atoms with E-state index in [9.17, 15) is 23.9 Å². The van der Waals surface area contributed by atoms with Gasteiger partial charge in [-0.25, -0.2) is 9.07 Å². The summed E-state index contributed by atoms with van der Waals surface area (Å²) in [6.07, 6.45) is 2.10. The lowest BCUT2D eigenvalue weighted by Crippen LogP contribution is -2.34. The molecule has 1 amide bonds. The number of rotatable bonds is 6. The van der Waals surface area contributed by atoms with Gasteiger partial charge < -0.3 is 10.4 Å². The van der Waals surface area contributed by atoms with E-state index in [4.69, 9.17) is 0 Å². The maximum atomic E-state index is 13.1. The Morgan fingerprint density at radius 2 is 1.83 bits per heavy atom. The molecular formula is C20H18FN5O4. The van der Waals surface area contributed by atoms with Gasteiger partial charge in [-0.3, -0.25) is 14.4 Å². The Labute approximate surface area is 169 Å². The molecule has 4 rings (SSSR count). The van der Waals surface area contributed by atoms with Gasteiger partial charge in [-0.05, 0) is 43.2 Å². The molecule has 0 aliphatic heterocycles. The maximum Gasteiger partial charge on any atom is 0.275 e. The van der Waals surface area contributed by atoms with E-state index in [-0.39, 0.29) is 30.0 Å². The molecule has 9 nitrogen and oxygen atoms in total. The number of aromatic hydroxyl groups is 1. The third-order valence-corrected chi connectivity index (χ3v) is 4.69. The predicted molar refractivity (Wildman–Crippen MR) is 104 cm³/mol. The van der Waals surface area contributed by atoms with Crippen LogP contribution in [0, 0.1) is 5.82 Å². The highest BCUT2D eigenvalue weighted by atomic mass is 19.1. The molecule has 1 aliphatic carbocycles. The quantitative estimate of drug-likeness (QED) is 0.623. The lowest BCUT2D eigenvalue weighted by molar-refractivity contribution is 0.0941. The van der Waals surface area contributed by atoms with E-state index in [2.05, 4.69) is 15.5 Å². The second kappa shape index (κ2) is 7.90. The zero-order valence-electron chi connectivity index (χ0n) is 15.8. The topological polar surface area (TPSA) is 119 Å². The van der Waals surface area contributed by atoms with Crippen LogP contribution in [0.4, 0.5) is 4.39 Å². The largest absolute Gasteiger partial charge is 0.505 e. The molecular weight excluding hydrogens is 393 g/mol. The van der Waals surface area contributed by atoms with Gasteiger partial charge in [-0.15, -0.1) is 0 Å². The van der Waals surface area contributed by atoms with Crippen LogP contribution in [0.3, 0.4) is 0 Å². The number of halogens is 1. The maximum absolute atomic E-state index is 13.1. The summed E-state index contributed by atoms with van der Waals surface area (Å²) in [6, 6.07) is 8.98. The Morgan fingerprint density at radius 3 is 2.53 bits per heavy atom. The van der Waals surface area contributed by atoms with E-state index >= 15 is 0 Å². The van der Waals surface area contributed by atoms with Gasteiger partial charge in [0.05, 0.1) is 17.9 Å². The molecule has 0 spiro atoms. The van der Waals surface area contributed by atoms with Crippen molar-refractivity contribution in [3.8, 4) is 11.4 Å². The number of benzene rings is 1. The first kappa shape index (κ1) is 19.5. The number of nitrogens with zero attached hydrogens (tertiary/aromatic N) is 4. The van der Waals surface area contributed by atoms with Gasteiger partial charge in [0, 0.05) is 24.6 Å². The number of amides is 1. The van der Waals surface area contributed by atoms with Gasteiger partial charge in [0.1, 0.15) is 5.82 Å². The van der Waals surface area contributed by atoms with Crippen molar-refractivity contribution in [3.05, 3.63) is 80.4 Å². The van der Waals surface area contributed by atoms with Crippen LogP contribution in [0.5, 0.6) is 5.75 Å². The Bertz CT molecular complexity index is 1220. The molecule has 0 saturated heterocycles. The minimum Gasteiger partial charge on any atom is -0.505 e. The molecule has 1 aliphatic rings. The summed E-state index contributed by atoms with van der Waals surface area (Å²) in [5.74, 6) is -1.41. The van der Waals surface area contributed by atoms with Crippen LogP contribution in [0.1, 0.15) is 34.9 Å². The molecule has 154 valence electrons. The number of carbonyl (C=O) groups is 1. The predicted octanol–water partition coefficient (Wildman–Crippen LogP) is 0.941. The fourth-order valence-electron chi connectivity index (χ4n) is 2.96. The number of hydrogen-bond donors (Lipinski definition) is 2. The third-order valence-electron chi connectivity index (χ3n) is 4.69. The molecule has 10 heteroatoms. The van der Waals surface area contributed by atoms with Crippen molar-refractivity contribution in [2.24, 2.45) is 0 Å². The first-order valence-electron chi connectivity index (χ1n) is 9.38. The van der Waals surface area contributed by atoms with Crippen LogP contribution < -0.4 is 16.4 Å². The first-order chi connectivity index (χ1) is 14.4. The fourth-order valence-corrected chi connectivity index (χ4v) is 2.96. The standard InChI is InChI=1S/C20H18FN5O4/c21-13-3-5-14(6-4-13)26-18(29)11-16(27)19(24-26)20(30)22-9-10-25-17(28)8-7-15(23-25)12-1-2-12/h3-8,11-12,27H,1-2,9-10H2,(H,22,30). The van der Waals surface area contributed by atoms with Crippen molar-refractivity contribution in [2.45, 2.75) is 25.3 Å². The summed E-state index contributed by atoms with van der Waals surface area (Å²) >= 11 is 0. The van der Waals surface area contributed by atoms with Crippen LogP contribution in [-0.4, -0.2) is 37.1 Å². The zero-order chi connectivity index (χ0) is 21.3. The SMILES string of the molecule is O=C(NCCn1nc(C2CC2)ccc1=O)c1nn(-c2ccc(F)cc2)c(=O)cc1O. The molecule has 2 N–H and O–H groups in total. The Kier molecular flexibility index (Phi) is 5.13. The van der Waals surface area contributed by atoms with Crippen LogP contribution in [0.25, 0.3) is 5.69 Å². The highest BCUT2D eigenvalue weighted by molar-refractivity contribution is 5.94. The second-order valence-corrected chi connectivity index (χ2v) is 6.95. The molecule has 0 bridgehead atoms. The minimum absolute atomic E-state index is 0.0661. The van der Waals surface area contributed by atoms with E-state index in [1.807, 2.05) is 0 Å². The highest BCUT2D eigenvalue weighted by Gasteiger charge is 2.25. The van der Waals surface area contributed by atoms with E-state index in [0.717, 1.165) is 41.4 Å². The number of hydrogen-bond acceptors (Lipinski definition) is 6. The zero-order valence-corrected chi connectivity index (χ0v) is 15.8.